The van der Waals surface area contributed by atoms with Crippen LogP contribution in [0.25, 0.3) is 0 Å². The lowest BCUT2D eigenvalue weighted by molar-refractivity contribution is -0.137. The van der Waals surface area contributed by atoms with Gasteiger partial charge in [-0.05, 0) is 32.0 Å². The Balaban J connectivity index is 2.46. The highest BCUT2D eigenvalue weighted by molar-refractivity contribution is 6.03. The van der Waals surface area contributed by atoms with E-state index in [4.69, 9.17) is 4.74 Å². The third-order valence-electron chi connectivity index (χ3n) is 2.21. The van der Waals surface area contributed by atoms with Crippen molar-refractivity contribution in [3.05, 3.63) is 29.3 Å². The summed E-state index contributed by atoms with van der Waals surface area (Å²) in [6, 6.07) is 5.56. The van der Waals surface area contributed by atoms with Gasteiger partial charge in [0.1, 0.15) is 11.8 Å². The first-order valence-corrected chi connectivity index (χ1v) is 5.49. The number of alkyl halides is 3. The standard InChI is InChI=1S/C12H10F3N3O/c1-7(2)19-10-4-8(11-16-6-17-18-11)3-9(5-10)12(13,14)15/h3-5,7H,1-2H3. The molecule has 0 saturated carbocycles. The van der Waals surface area contributed by atoms with Crippen LogP contribution in [-0.4, -0.2) is 17.9 Å². The molecular weight excluding hydrogens is 259 g/mol. The minimum atomic E-state index is -4.46. The summed E-state index contributed by atoms with van der Waals surface area (Å²) in [5.41, 5.74) is -0.621. The molecule has 100 valence electrons. The molecule has 0 unspecified atom stereocenters. The first-order valence-electron chi connectivity index (χ1n) is 5.49. The molecule has 0 bridgehead atoms. The van der Waals surface area contributed by atoms with Crippen LogP contribution in [0, 0.1) is 0 Å². The SMILES string of the molecule is CC(C)Oc1cc(C2=NN=C=N2)cc(C(F)(F)F)c1. The van der Waals surface area contributed by atoms with Crippen LogP contribution in [0.5, 0.6) is 5.75 Å². The molecular formula is C12H10F3N3O. The number of hydrogen-bond donors (Lipinski definition) is 0. The Morgan fingerprint density at radius 2 is 1.95 bits per heavy atom. The molecule has 0 amide bonds. The summed E-state index contributed by atoms with van der Waals surface area (Å²) in [7, 11) is 0. The van der Waals surface area contributed by atoms with Crippen LogP contribution in [0.15, 0.2) is 33.4 Å². The fraction of sp³-hybridized carbons (Fsp3) is 0.333. The summed E-state index contributed by atoms with van der Waals surface area (Å²) >= 11 is 0. The molecule has 1 aromatic rings. The molecule has 4 nitrogen and oxygen atoms in total. The molecule has 19 heavy (non-hydrogen) atoms. The molecule has 0 N–H and O–H groups in total. The van der Waals surface area contributed by atoms with E-state index < -0.39 is 11.7 Å². The Bertz CT molecular complexity index is 584. The average Bonchev–Trinajstić information content (AvgIpc) is 2.79. The average molecular weight is 269 g/mol. The lowest BCUT2D eigenvalue weighted by Gasteiger charge is -2.14. The fourth-order valence-corrected chi connectivity index (χ4v) is 1.52. The van der Waals surface area contributed by atoms with E-state index in [2.05, 4.69) is 21.2 Å². The third-order valence-corrected chi connectivity index (χ3v) is 2.21. The molecule has 0 saturated heterocycles. The highest BCUT2D eigenvalue weighted by Gasteiger charge is 2.32. The van der Waals surface area contributed by atoms with E-state index in [-0.39, 0.29) is 23.3 Å². The largest absolute Gasteiger partial charge is 0.491 e. The third kappa shape index (κ3) is 3.20. The number of aliphatic imine (C=N–C) groups is 1. The minimum Gasteiger partial charge on any atom is -0.491 e. The van der Waals surface area contributed by atoms with Crippen molar-refractivity contribution in [2.75, 3.05) is 0 Å². The van der Waals surface area contributed by atoms with Crippen molar-refractivity contribution < 1.29 is 17.9 Å². The quantitative estimate of drug-likeness (QED) is 0.830. The van der Waals surface area contributed by atoms with E-state index in [1.165, 1.54) is 6.07 Å². The van der Waals surface area contributed by atoms with Gasteiger partial charge < -0.3 is 4.74 Å². The van der Waals surface area contributed by atoms with Gasteiger partial charge in [0, 0.05) is 5.56 Å². The molecule has 0 spiro atoms. The van der Waals surface area contributed by atoms with Gasteiger partial charge >= 0.3 is 6.18 Å². The lowest BCUT2D eigenvalue weighted by Crippen LogP contribution is -2.11. The van der Waals surface area contributed by atoms with Crippen LogP contribution in [0.3, 0.4) is 0 Å². The molecule has 0 aromatic heterocycles. The molecule has 1 aliphatic rings. The Morgan fingerprint density at radius 3 is 2.47 bits per heavy atom. The van der Waals surface area contributed by atoms with E-state index >= 15 is 0 Å². The van der Waals surface area contributed by atoms with Gasteiger partial charge in [0.15, 0.2) is 5.84 Å². The minimum absolute atomic E-state index is 0.0831. The van der Waals surface area contributed by atoms with Crippen molar-refractivity contribution in [1.29, 1.82) is 0 Å². The Morgan fingerprint density at radius 1 is 1.21 bits per heavy atom. The number of rotatable bonds is 3. The molecule has 1 aromatic carbocycles. The lowest BCUT2D eigenvalue weighted by atomic mass is 10.1. The summed E-state index contributed by atoms with van der Waals surface area (Å²) in [6.07, 6.45) is -4.70. The summed E-state index contributed by atoms with van der Waals surface area (Å²) < 4.78 is 43.7. The van der Waals surface area contributed by atoms with Crippen molar-refractivity contribution >= 4 is 11.8 Å². The van der Waals surface area contributed by atoms with E-state index in [0.717, 1.165) is 12.1 Å². The van der Waals surface area contributed by atoms with Crippen LogP contribution < -0.4 is 4.74 Å². The molecule has 0 atom stereocenters. The van der Waals surface area contributed by atoms with E-state index in [1.807, 2.05) is 0 Å². The number of hydrogen-bond acceptors (Lipinski definition) is 4. The molecule has 1 aliphatic heterocycles. The molecule has 2 rings (SSSR count). The fourth-order valence-electron chi connectivity index (χ4n) is 1.52. The van der Waals surface area contributed by atoms with E-state index in [0.29, 0.717) is 0 Å². The van der Waals surface area contributed by atoms with Gasteiger partial charge in [-0.2, -0.15) is 18.2 Å². The molecule has 0 aliphatic carbocycles. The Labute approximate surface area is 107 Å². The van der Waals surface area contributed by atoms with Crippen molar-refractivity contribution in [1.82, 2.24) is 0 Å². The second kappa shape index (κ2) is 4.85. The highest BCUT2D eigenvalue weighted by Crippen LogP contribution is 2.33. The van der Waals surface area contributed by atoms with Crippen LogP contribution in [0.2, 0.25) is 0 Å². The van der Waals surface area contributed by atoms with Gasteiger partial charge in [0.25, 0.3) is 0 Å². The van der Waals surface area contributed by atoms with E-state index in [9.17, 15) is 13.2 Å². The van der Waals surface area contributed by atoms with Gasteiger partial charge in [-0.3, -0.25) is 0 Å². The van der Waals surface area contributed by atoms with Crippen molar-refractivity contribution in [3.63, 3.8) is 0 Å². The predicted octanol–water partition coefficient (Wildman–Crippen LogP) is 3.34. The Hall–Kier alpha value is -2.14. The zero-order valence-corrected chi connectivity index (χ0v) is 10.2. The van der Waals surface area contributed by atoms with Crippen LogP contribution >= 0.6 is 0 Å². The zero-order valence-electron chi connectivity index (χ0n) is 10.2. The summed E-state index contributed by atoms with van der Waals surface area (Å²) in [5, 5.41) is 6.96. The topological polar surface area (TPSA) is 46.3 Å². The van der Waals surface area contributed by atoms with Gasteiger partial charge in [-0.15, -0.1) is 5.10 Å². The normalized spacial score (nSPS) is 14.1. The molecule has 1 heterocycles. The number of amidine groups is 1. The van der Waals surface area contributed by atoms with Crippen LogP contribution in [0.1, 0.15) is 25.0 Å². The monoisotopic (exact) mass is 269 g/mol. The first kappa shape index (κ1) is 13.3. The van der Waals surface area contributed by atoms with Gasteiger partial charge in [0.2, 0.25) is 0 Å². The van der Waals surface area contributed by atoms with Crippen molar-refractivity contribution in [3.8, 4) is 5.75 Å². The van der Waals surface area contributed by atoms with Gasteiger partial charge in [0.05, 0.1) is 11.7 Å². The number of benzene rings is 1. The maximum Gasteiger partial charge on any atom is 0.416 e. The van der Waals surface area contributed by atoms with Crippen LogP contribution in [-0.2, 0) is 6.18 Å². The number of ether oxygens (including phenoxy) is 1. The number of nitrogens with zero attached hydrogens (tertiary/aromatic N) is 3. The summed E-state index contributed by atoms with van der Waals surface area (Å²) in [5.74, 6) is 0.198. The smallest absolute Gasteiger partial charge is 0.416 e. The van der Waals surface area contributed by atoms with Crippen LogP contribution in [0.4, 0.5) is 13.2 Å². The zero-order chi connectivity index (χ0) is 14.0. The highest BCUT2D eigenvalue weighted by atomic mass is 19.4. The number of halogens is 3. The maximum absolute atomic E-state index is 12.8. The maximum atomic E-state index is 12.8. The summed E-state index contributed by atoms with van der Waals surface area (Å²) in [6.45, 7) is 3.46. The molecule has 7 heteroatoms. The molecule has 0 fully saturated rings. The second-order valence-corrected chi connectivity index (χ2v) is 4.15. The second-order valence-electron chi connectivity index (χ2n) is 4.15. The summed E-state index contributed by atoms with van der Waals surface area (Å²) in [4.78, 5) is 3.66. The van der Waals surface area contributed by atoms with Gasteiger partial charge in [-0.1, -0.05) is 5.10 Å². The predicted molar refractivity (Wildman–Crippen MR) is 63.6 cm³/mol. The molecule has 0 radical (unpaired) electrons. The Kier molecular flexibility index (Phi) is 3.40. The van der Waals surface area contributed by atoms with E-state index in [1.54, 1.807) is 13.8 Å². The van der Waals surface area contributed by atoms with Gasteiger partial charge in [-0.25, -0.2) is 0 Å². The first-order chi connectivity index (χ1) is 8.86. The van der Waals surface area contributed by atoms with Crippen molar-refractivity contribution in [2.24, 2.45) is 15.2 Å². The van der Waals surface area contributed by atoms with Crippen molar-refractivity contribution in [2.45, 2.75) is 26.1 Å².